The molecule has 2 unspecified atom stereocenters. The third-order valence-electron chi connectivity index (χ3n) is 5.09. The molecule has 26 heavy (non-hydrogen) atoms. The van der Waals surface area contributed by atoms with Gasteiger partial charge in [-0.2, -0.15) is 0 Å². The van der Waals surface area contributed by atoms with Gasteiger partial charge >= 0.3 is 0 Å². The number of methoxy groups -OCH3 is 1. The van der Waals surface area contributed by atoms with Gasteiger partial charge in [0.25, 0.3) is 5.91 Å². The van der Waals surface area contributed by atoms with Crippen molar-refractivity contribution in [3.05, 3.63) is 30.4 Å². The van der Waals surface area contributed by atoms with Crippen LogP contribution in [-0.2, 0) is 14.6 Å². The van der Waals surface area contributed by atoms with Crippen LogP contribution in [-0.4, -0.2) is 95.4 Å². The fourth-order valence-corrected chi connectivity index (χ4v) is 5.86. The van der Waals surface area contributed by atoms with E-state index in [2.05, 4.69) is 14.9 Å². The lowest BCUT2D eigenvalue weighted by Gasteiger charge is -2.43. The maximum Gasteiger partial charge on any atom is 0.274 e. The van der Waals surface area contributed by atoms with E-state index >= 15 is 0 Å². The zero-order valence-electron chi connectivity index (χ0n) is 14.5. The van der Waals surface area contributed by atoms with Crippen LogP contribution < -0.4 is 0 Å². The zero-order valence-corrected chi connectivity index (χ0v) is 15.3. The number of carbonyl (C=O) groups excluding carboxylic acids is 1. The van der Waals surface area contributed by atoms with Crippen LogP contribution in [0.4, 0.5) is 0 Å². The maximum absolute atomic E-state index is 13.0. The van der Waals surface area contributed by atoms with Crippen LogP contribution in [0.3, 0.4) is 0 Å². The number of rotatable bonds is 4. The predicted molar refractivity (Wildman–Crippen MR) is 93.7 cm³/mol. The SMILES string of the molecule is COCCN1CCN(C(=O)c2cn3cccnc3n2)C2CS(=O)(=O)CC21. The minimum Gasteiger partial charge on any atom is -0.383 e. The molecule has 0 N–H and O–H groups in total. The highest BCUT2D eigenvalue weighted by Gasteiger charge is 2.48. The van der Waals surface area contributed by atoms with Crippen LogP contribution in [0.15, 0.2) is 24.7 Å². The molecular formula is C16H21N5O4S. The molecule has 9 nitrogen and oxygen atoms in total. The number of imidazole rings is 1. The minimum absolute atomic E-state index is 0.00148. The molecule has 4 heterocycles. The quantitative estimate of drug-likeness (QED) is 0.693. The van der Waals surface area contributed by atoms with E-state index in [0.717, 1.165) is 0 Å². The zero-order chi connectivity index (χ0) is 18.3. The van der Waals surface area contributed by atoms with E-state index in [1.165, 1.54) is 0 Å². The van der Waals surface area contributed by atoms with Crippen LogP contribution in [0.2, 0.25) is 0 Å². The first kappa shape index (κ1) is 17.4. The van der Waals surface area contributed by atoms with Gasteiger partial charge in [0.1, 0.15) is 5.69 Å². The molecule has 2 aromatic heterocycles. The molecular weight excluding hydrogens is 358 g/mol. The smallest absolute Gasteiger partial charge is 0.274 e. The van der Waals surface area contributed by atoms with Crippen molar-refractivity contribution in [3.63, 3.8) is 0 Å². The second kappa shape index (κ2) is 6.60. The first-order valence-corrected chi connectivity index (χ1v) is 10.3. The van der Waals surface area contributed by atoms with Crippen LogP contribution in [0.5, 0.6) is 0 Å². The number of hydrogen-bond acceptors (Lipinski definition) is 7. The molecule has 0 bridgehead atoms. The summed E-state index contributed by atoms with van der Waals surface area (Å²) in [7, 11) is -1.55. The molecule has 2 aliphatic rings. The van der Waals surface area contributed by atoms with Gasteiger partial charge in [-0.3, -0.25) is 14.1 Å². The Morgan fingerprint density at radius 3 is 2.88 bits per heavy atom. The second-order valence-corrected chi connectivity index (χ2v) is 8.85. The molecule has 2 atom stereocenters. The molecule has 0 saturated carbocycles. The Balaban J connectivity index is 1.61. The Hall–Kier alpha value is -2.04. The number of nitrogens with zero attached hydrogens (tertiary/aromatic N) is 5. The Morgan fingerprint density at radius 1 is 1.31 bits per heavy atom. The summed E-state index contributed by atoms with van der Waals surface area (Å²) >= 11 is 0. The van der Waals surface area contributed by atoms with Crippen LogP contribution in [0, 0.1) is 0 Å². The maximum atomic E-state index is 13.0. The lowest BCUT2D eigenvalue weighted by atomic mass is 10.0. The fourth-order valence-electron chi connectivity index (χ4n) is 3.84. The summed E-state index contributed by atoms with van der Waals surface area (Å²) in [6.07, 6.45) is 5.03. The lowest BCUT2D eigenvalue weighted by molar-refractivity contribution is 0.0244. The standard InChI is InChI=1S/C16H21N5O4S/c1-25-8-7-19-5-6-21(14-11-26(23,24)10-13(14)19)15(22)12-9-20-4-2-3-17-16(20)18-12/h2-4,9,13-14H,5-8,10-11H2,1H3. The van der Waals surface area contributed by atoms with Crippen molar-refractivity contribution in [2.75, 3.05) is 44.9 Å². The van der Waals surface area contributed by atoms with Crippen LogP contribution in [0.1, 0.15) is 10.5 Å². The molecule has 2 saturated heterocycles. The van der Waals surface area contributed by atoms with Gasteiger partial charge in [-0.25, -0.2) is 18.4 Å². The second-order valence-electron chi connectivity index (χ2n) is 6.69. The summed E-state index contributed by atoms with van der Waals surface area (Å²) in [6.45, 7) is 2.29. The predicted octanol–water partition coefficient (Wildman–Crippen LogP) is -0.701. The molecule has 10 heteroatoms. The molecule has 0 spiro atoms. The van der Waals surface area contributed by atoms with Gasteiger partial charge in [-0.05, 0) is 6.07 Å². The first-order valence-electron chi connectivity index (χ1n) is 8.52. The number of carbonyl (C=O) groups is 1. The van der Waals surface area contributed by atoms with E-state index < -0.39 is 9.84 Å². The summed E-state index contributed by atoms with van der Waals surface area (Å²) in [5.74, 6) is 0.287. The Labute approximate surface area is 151 Å². The number of hydrogen-bond donors (Lipinski definition) is 0. The molecule has 0 aromatic carbocycles. The van der Waals surface area contributed by atoms with Crippen molar-refractivity contribution in [3.8, 4) is 0 Å². The van der Waals surface area contributed by atoms with Crippen molar-refractivity contribution in [1.29, 1.82) is 0 Å². The molecule has 0 aliphatic carbocycles. The average Bonchev–Trinajstić information content (AvgIpc) is 3.18. The first-order chi connectivity index (χ1) is 12.5. The number of aromatic nitrogens is 3. The summed E-state index contributed by atoms with van der Waals surface area (Å²) in [4.78, 5) is 25.2. The highest BCUT2D eigenvalue weighted by molar-refractivity contribution is 7.91. The summed E-state index contributed by atoms with van der Waals surface area (Å²) in [5, 5.41) is 0. The fraction of sp³-hybridized carbons (Fsp3) is 0.562. The minimum atomic E-state index is -3.17. The number of sulfone groups is 1. The van der Waals surface area contributed by atoms with Gasteiger partial charge in [-0.1, -0.05) is 0 Å². The van der Waals surface area contributed by atoms with Crippen molar-refractivity contribution < 1.29 is 17.9 Å². The molecule has 4 rings (SSSR count). The molecule has 2 aliphatic heterocycles. The topological polar surface area (TPSA) is 97.1 Å². The van der Waals surface area contributed by atoms with Gasteiger partial charge in [0.05, 0.1) is 24.2 Å². The molecule has 140 valence electrons. The Kier molecular flexibility index (Phi) is 4.41. The van der Waals surface area contributed by atoms with E-state index in [9.17, 15) is 13.2 Å². The third kappa shape index (κ3) is 3.08. The van der Waals surface area contributed by atoms with Crippen molar-refractivity contribution in [2.24, 2.45) is 0 Å². The van der Waals surface area contributed by atoms with Gasteiger partial charge in [0.15, 0.2) is 9.84 Å². The third-order valence-corrected chi connectivity index (χ3v) is 6.79. The monoisotopic (exact) mass is 379 g/mol. The van der Waals surface area contributed by atoms with E-state index in [1.54, 1.807) is 41.1 Å². The van der Waals surface area contributed by atoms with E-state index in [4.69, 9.17) is 4.74 Å². The van der Waals surface area contributed by atoms with Crippen molar-refractivity contribution in [1.82, 2.24) is 24.2 Å². The number of amides is 1. The van der Waals surface area contributed by atoms with Crippen molar-refractivity contribution in [2.45, 2.75) is 12.1 Å². The van der Waals surface area contributed by atoms with E-state index in [-0.39, 0.29) is 35.2 Å². The highest BCUT2D eigenvalue weighted by atomic mass is 32.2. The van der Waals surface area contributed by atoms with Crippen molar-refractivity contribution >= 4 is 21.5 Å². The normalized spacial score (nSPS) is 25.5. The van der Waals surface area contributed by atoms with Gasteiger partial charge < -0.3 is 9.64 Å². The molecule has 0 radical (unpaired) electrons. The van der Waals surface area contributed by atoms with Gasteiger partial charge in [-0.15, -0.1) is 0 Å². The number of ether oxygens (including phenoxy) is 1. The van der Waals surface area contributed by atoms with E-state index in [0.29, 0.717) is 32.0 Å². The van der Waals surface area contributed by atoms with Crippen LogP contribution >= 0.6 is 0 Å². The number of fused-ring (bicyclic) bond motifs is 2. The lowest BCUT2D eigenvalue weighted by Crippen LogP contribution is -2.61. The van der Waals surface area contributed by atoms with Gasteiger partial charge in [0.2, 0.25) is 5.78 Å². The van der Waals surface area contributed by atoms with Crippen LogP contribution in [0.25, 0.3) is 5.78 Å². The summed E-state index contributed by atoms with van der Waals surface area (Å²) in [5.41, 5.74) is 0.289. The van der Waals surface area contributed by atoms with E-state index in [1.807, 2.05) is 0 Å². The summed E-state index contributed by atoms with van der Waals surface area (Å²) in [6, 6.07) is 1.22. The summed E-state index contributed by atoms with van der Waals surface area (Å²) < 4.78 is 31.3. The highest BCUT2D eigenvalue weighted by Crippen LogP contribution is 2.28. The molecule has 2 aromatic rings. The average molecular weight is 379 g/mol. The Bertz CT molecular complexity index is 895. The number of piperazine rings is 1. The molecule has 2 fully saturated rings. The Morgan fingerprint density at radius 2 is 2.12 bits per heavy atom. The largest absolute Gasteiger partial charge is 0.383 e. The van der Waals surface area contributed by atoms with Gasteiger partial charge in [0, 0.05) is 51.4 Å². The molecule has 1 amide bonds.